The Balaban J connectivity index is 2.07. The molecular weight excluding hydrogens is 304 g/mol. The SMILES string of the molecule is CCOC(=O)Cc1[nH]c(=O)sc1CN1CCCCC1CCO. The molecular formula is C15H24N2O4S. The minimum Gasteiger partial charge on any atom is -0.466 e. The zero-order valence-electron chi connectivity index (χ0n) is 13.0. The first-order valence-corrected chi connectivity index (χ1v) is 8.67. The fraction of sp³-hybridized carbons (Fsp3) is 0.733. The second kappa shape index (κ2) is 8.45. The first-order chi connectivity index (χ1) is 10.6. The van der Waals surface area contributed by atoms with Gasteiger partial charge in [0.15, 0.2) is 0 Å². The number of hydrogen-bond donors (Lipinski definition) is 2. The van der Waals surface area contributed by atoms with E-state index in [0.29, 0.717) is 24.9 Å². The number of nitrogens with one attached hydrogen (secondary N) is 1. The lowest BCUT2D eigenvalue weighted by molar-refractivity contribution is -0.142. The molecule has 2 heterocycles. The van der Waals surface area contributed by atoms with Crippen molar-refractivity contribution >= 4 is 17.3 Å². The van der Waals surface area contributed by atoms with Gasteiger partial charge in [-0.2, -0.15) is 0 Å². The molecule has 1 fully saturated rings. The largest absolute Gasteiger partial charge is 0.466 e. The molecule has 1 aliphatic rings. The average Bonchev–Trinajstić information content (AvgIpc) is 2.81. The number of carbonyl (C=O) groups is 1. The third-order valence-corrected chi connectivity index (χ3v) is 4.90. The van der Waals surface area contributed by atoms with Gasteiger partial charge in [0.25, 0.3) is 0 Å². The number of nitrogens with zero attached hydrogens (tertiary/aromatic N) is 1. The maximum atomic E-state index is 11.7. The molecule has 1 saturated heterocycles. The van der Waals surface area contributed by atoms with Gasteiger partial charge in [-0.15, -0.1) is 0 Å². The van der Waals surface area contributed by atoms with Crippen molar-refractivity contribution in [3.05, 3.63) is 20.2 Å². The standard InChI is InChI=1S/C15H24N2O4S/c1-2-21-14(19)9-12-13(22-15(20)16-12)10-17-7-4-3-5-11(17)6-8-18/h11,18H,2-10H2,1H3,(H,16,20). The number of aliphatic hydroxyl groups excluding tert-OH is 1. The fourth-order valence-electron chi connectivity index (χ4n) is 2.95. The molecule has 7 heteroatoms. The molecule has 0 aliphatic carbocycles. The van der Waals surface area contributed by atoms with Gasteiger partial charge in [0, 0.05) is 29.8 Å². The number of likely N-dealkylation sites (tertiary alicyclic amines) is 1. The molecule has 1 atom stereocenters. The quantitative estimate of drug-likeness (QED) is 0.737. The number of hydrogen-bond acceptors (Lipinski definition) is 6. The maximum absolute atomic E-state index is 11.7. The van der Waals surface area contributed by atoms with Crippen molar-refractivity contribution in [1.82, 2.24) is 9.88 Å². The summed E-state index contributed by atoms with van der Waals surface area (Å²) < 4.78 is 4.96. The monoisotopic (exact) mass is 328 g/mol. The number of aromatic nitrogens is 1. The fourth-order valence-corrected chi connectivity index (χ4v) is 3.82. The van der Waals surface area contributed by atoms with E-state index < -0.39 is 0 Å². The predicted octanol–water partition coefficient (Wildman–Crippen LogP) is 1.28. The molecule has 6 nitrogen and oxygen atoms in total. The van der Waals surface area contributed by atoms with Crippen LogP contribution in [0.2, 0.25) is 0 Å². The van der Waals surface area contributed by atoms with E-state index in [4.69, 9.17) is 4.74 Å². The van der Waals surface area contributed by atoms with Crippen molar-refractivity contribution in [2.24, 2.45) is 0 Å². The summed E-state index contributed by atoms with van der Waals surface area (Å²) in [5.41, 5.74) is 0.668. The number of aliphatic hydroxyl groups is 1. The Kier molecular flexibility index (Phi) is 6.60. The second-order valence-electron chi connectivity index (χ2n) is 5.53. The molecule has 2 N–H and O–H groups in total. The highest BCUT2D eigenvalue weighted by Gasteiger charge is 2.24. The number of rotatable bonds is 7. The van der Waals surface area contributed by atoms with E-state index in [9.17, 15) is 14.7 Å². The topological polar surface area (TPSA) is 82.6 Å². The summed E-state index contributed by atoms with van der Waals surface area (Å²) in [5.74, 6) is -0.316. The zero-order valence-corrected chi connectivity index (χ0v) is 13.8. The zero-order chi connectivity index (χ0) is 15.9. The Morgan fingerprint density at radius 1 is 1.50 bits per heavy atom. The lowest BCUT2D eigenvalue weighted by Crippen LogP contribution is -2.39. The molecule has 2 rings (SSSR count). The van der Waals surface area contributed by atoms with E-state index in [1.54, 1.807) is 6.92 Å². The first kappa shape index (κ1) is 17.2. The van der Waals surface area contributed by atoms with Crippen molar-refractivity contribution in [2.45, 2.75) is 51.6 Å². The van der Waals surface area contributed by atoms with Crippen LogP contribution < -0.4 is 4.87 Å². The summed E-state index contributed by atoms with van der Waals surface area (Å²) in [6.45, 7) is 3.91. The summed E-state index contributed by atoms with van der Waals surface area (Å²) >= 11 is 1.17. The Morgan fingerprint density at radius 3 is 3.05 bits per heavy atom. The Morgan fingerprint density at radius 2 is 2.32 bits per heavy atom. The van der Waals surface area contributed by atoms with Gasteiger partial charge in [-0.3, -0.25) is 14.5 Å². The number of ether oxygens (including phenoxy) is 1. The summed E-state index contributed by atoms with van der Waals surface area (Å²) in [5, 5.41) is 9.20. The first-order valence-electron chi connectivity index (χ1n) is 7.85. The molecule has 22 heavy (non-hydrogen) atoms. The number of H-pyrrole nitrogens is 1. The van der Waals surface area contributed by atoms with Gasteiger partial charge in [-0.05, 0) is 32.7 Å². The lowest BCUT2D eigenvalue weighted by Gasteiger charge is -2.35. The van der Waals surface area contributed by atoms with Crippen LogP contribution >= 0.6 is 11.3 Å². The molecule has 0 radical (unpaired) electrons. The highest BCUT2D eigenvalue weighted by Crippen LogP contribution is 2.23. The summed E-state index contributed by atoms with van der Waals surface area (Å²) in [7, 11) is 0. The van der Waals surface area contributed by atoms with Gasteiger partial charge in [0.2, 0.25) is 0 Å². The van der Waals surface area contributed by atoms with Crippen molar-refractivity contribution < 1.29 is 14.6 Å². The van der Waals surface area contributed by atoms with Gasteiger partial charge in [0.05, 0.1) is 13.0 Å². The van der Waals surface area contributed by atoms with E-state index in [-0.39, 0.29) is 23.9 Å². The Hall–Kier alpha value is -1.18. The smallest absolute Gasteiger partial charge is 0.311 e. The van der Waals surface area contributed by atoms with Crippen molar-refractivity contribution in [3.8, 4) is 0 Å². The van der Waals surface area contributed by atoms with Crippen LogP contribution in [-0.2, 0) is 22.5 Å². The lowest BCUT2D eigenvalue weighted by atomic mass is 9.99. The average molecular weight is 328 g/mol. The Bertz CT molecular complexity index is 538. The van der Waals surface area contributed by atoms with E-state index in [0.717, 1.165) is 30.7 Å². The Labute approximate surface area is 134 Å². The number of esters is 1. The van der Waals surface area contributed by atoms with Crippen LogP contribution in [0.1, 0.15) is 43.2 Å². The van der Waals surface area contributed by atoms with Gasteiger partial charge in [-0.25, -0.2) is 0 Å². The molecule has 0 spiro atoms. The van der Waals surface area contributed by atoms with E-state index in [2.05, 4.69) is 9.88 Å². The second-order valence-corrected chi connectivity index (χ2v) is 6.60. The van der Waals surface area contributed by atoms with Crippen LogP contribution in [0.3, 0.4) is 0 Å². The van der Waals surface area contributed by atoms with Gasteiger partial charge in [-0.1, -0.05) is 17.8 Å². The normalized spacial score (nSPS) is 19.3. The molecule has 0 aromatic carbocycles. The summed E-state index contributed by atoms with van der Waals surface area (Å²) in [6.07, 6.45) is 4.26. The molecule has 0 amide bonds. The molecule has 1 aromatic heterocycles. The van der Waals surface area contributed by atoms with Crippen LogP contribution in [0.25, 0.3) is 0 Å². The van der Waals surface area contributed by atoms with Crippen LogP contribution in [0.4, 0.5) is 0 Å². The molecule has 0 bridgehead atoms. The van der Waals surface area contributed by atoms with Crippen LogP contribution in [0.5, 0.6) is 0 Å². The third kappa shape index (κ3) is 4.66. The van der Waals surface area contributed by atoms with Gasteiger partial charge < -0.3 is 14.8 Å². The molecule has 124 valence electrons. The number of piperidine rings is 1. The van der Waals surface area contributed by atoms with Gasteiger partial charge in [0.1, 0.15) is 0 Å². The van der Waals surface area contributed by atoms with E-state index in [1.807, 2.05) is 0 Å². The molecule has 0 saturated carbocycles. The summed E-state index contributed by atoms with van der Waals surface area (Å²) in [6, 6.07) is 0.353. The predicted molar refractivity (Wildman–Crippen MR) is 85.0 cm³/mol. The third-order valence-electron chi connectivity index (χ3n) is 3.99. The molecule has 1 aliphatic heterocycles. The van der Waals surface area contributed by atoms with Crippen LogP contribution in [-0.4, -0.2) is 46.8 Å². The van der Waals surface area contributed by atoms with Crippen LogP contribution in [0.15, 0.2) is 4.79 Å². The van der Waals surface area contributed by atoms with E-state index in [1.165, 1.54) is 17.8 Å². The minimum atomic E-state index is -0.316. The van der Waals surface area contributed by atoms with Crippen molar-refractivity contribution in [2.75, 3.05) is 19.8 Å². The molecule has 1 unspecified atom stereocenters. The number of aromatic amines is 1. The van der Waals surface area contributed by atoms with Crippen LogP contribution in [0, 0.1) is 0 Å². The van der Waals surface area contributed by atoms with Crippen molar-refractivity contribution in [1.29, 1.82) is 0 Å². The number of carbonyl (C=O) groups excluding carboxylic acids is 1. The highest BCUT2D eigenvalue weighted by atomic mass is 32.1. The minimum absolute atomic E-state index is 0.112. The van der Waals surface area contributed by atoms with E-state index >= 15 is 0 Å². The highest BCUT2D eigenvalue weighted by molar-refractivity contribution is 7.09. The molecule has 1 aromatic rings. The van der Waals surface area contributed by atoms with Crippen molar-refractivity contribution in [3.63, 3.8) is 0 Å². The summed E-state index contributed by atoms with van der Waals surface area (Å²) in [4.78, 5) is 29.1. The maximum Gasteiger partial charge on any atom is 0.311 e. The van der Waals surface area contributed by atoms with Gasteiger partial charge >= 0.3 is 10.8 Å². The number of thiazole rings is 1.